The van der Waals surface area contributed by atoms with Crippen molar-refractivity contribution in [2.24, 2.45) is 5.73 Å². The Morgan fingerprint density at radius 2 is 2.19 bits per heavy atom. The van der Waals surface area contributed by atoms with Crippen LogP contribution in [0.1, 0.15) is 5.56 Å². The lowest BCUT2D eigenvalue weighted by molar-refractivity contribution is 0.133. The molecule has 6 heteroatoms. The number of carbonyl (C=O) groups is 1. The Morgan fingerprint density at radius 1 is 1.44 bits per heavy atom. The molecule has 4 nitrogen and oxygen atoms in total. The van der Waals surface area contributed by atoms with Crippen LogP contribution in [0.25, 0.3) is 0 Å². The third kappa shape index (κ3) is 4.06. The smallest absolute Gasteiger partial charge is 0.404 e. The van der Waals surface area contributed by atoms with Crippen molar-refractivity contribution in [3.63, 3.8) is 0 Å². The number of alkyl halides is 1. The summed E-state index contributed by atoms with van der Waals surface area (Å²) in [6.45, 7) is 0.239. The van der Waals surface area contributed by atoms with Crippen molar-refractivity contribution < 1.29 is 18.7 Å². The zero-order valence-corrected chi connectivity index (χ0v) is 10.00. The van der Waals surface area contributed by atoms with Gasteiger partial charge in [-0.25, -0.2) is 9.18 Å². The van der Waals surface area contributed by atoms with E-state index in [2.05, 4.69) is 20.7 Å². The van der Waals surface area contributed by atoms with Crippen LogP contribution in [-0.2, 0) is 10.1 Å². The fourth-order valence-electron chi connectivity index (χ4n) is 1.09. The van der Waals surface area contributed by atoms with Crippen molar-refractivity contribution in [1.82, 2.24) is 0 Å². The van der Waals surface area contributed by atoms with Gasteiger partial charge < -0.3 is 15.2 Å². The van der Waals surface area contributed by atoms with Crippen LogP contribution in [0.3, 0.4) is 0 Å². The van der Waals surface area contributed by atoms with Crippen molar-refractivity contribution >= 4 is 22.0 Å². The first-order chi connectivity index (χ1) is 7.63. The molecule has 0 bridgehead atoms. The molecule has 0 saturated heterocycles. The molecule has 1 amide bonds. The summed E-state index contributed by atoms with van der Waals surface area (Å²) in [6, 6.07) is 4.20. The molecular formula is C10H11BrFNO3. The SMILES string of the molecule is NC(=O)OCCOc1ccc(F)cc1CBr. The predicted molar refractivity (Wildman–Crippen MR) is 60.1 cm³/mol. The van der Waals surface area contributed by atoms with Crippen molar-refractivity contribution in [3.05, 3.63) is 29.6 Å². The summed E-state index contributed by atoms with van der Waals surface area (Å²) >= 11 is 3.22. The Hall–Kier alpha value is -1.30. The second-order valence-corrected chi connectivity index (χ2v) is 3.46. The second kappa shape index (κ2) is 6.32. The first-order valence-corrected chi connectivity index (χ1v) is 5.65. The fourth-order valence-corrected chi connectivity index (χ4v) is 1.53. The number of hydrogen-bond acceptors (Lipinski definition) is 3. The van der Waals surface area contributed by atoms with Gasteiger partial charge in [0.1, 0.15) is 24.8 Å². The molecule has 0 radical (unpaired) electrons. The summed E-state index contributed by atoms with van der Waals surface area (Å²) in [5.41, 5.74) is 5.47. The summed E-state index contributed by atoms with van der Waals surface area (Å²) in [5, 5.41) is 0.483. The fraction of sp³-hybridized carbons (Fsp3) is 0.300. The third-order valence-corrected chi connectivity index (χ3v) is 2.36. The minimum absolute atomic E-state index is 0.0639. The van der Waals surface area contributed by atoms with Crippen LogP contribution in [0.2, 0.25) is 0 Å². The van der Waals surface area contributed by atoms with Gasteiger partial charge in [-0.3, -0.25) is 0 Å². The Balaban J connectivity index is 2.50. The zero-order valence-electron chi connectivity index (χ0n) is 8.41. The normalized spacial score (nSPS) is 9.88. The average Bonchev–Trinajstić information content (AvgIpc) is 2.25. The van der Waals surface area contributed by atoms with Gasteiger partial charge in [0.2, 0.25) is 0 Å². The van der Waals surface area contributed by atoms with Gasteiger partial charge in [-0.05, 0) is 18.2 Å². The molecule has 16 heavy (non-hydrogen) atoms. The molecule has 1 aromatic rings. The van der Waals surface area contributed by atoms with Crippen LogP contribution >= 0.6 is 15.9 Å². The number of halogens is 2. The largest absolute Gasteiger partial charge is 0.490 e. The van der Waals surface area contributed by atoms with Crippen molar-refractivity contribution in [2.45, 2.75) is 5.33 Å². The lowest BCUT2D eigenvalue weighted by Crippen LogP contribution is -2.17. The molecule has 0 spiro atoms. The first kappa shape index (κ1) is 12.8. The molecule has 1 aromatic carbocycles. The van der Waals surface area contributed by atoms with Crippen LogP contribution in [0, 0.1) is 5.82 Å². The van der Waals surface area contributed by atoms with Crippen LogP contribution < -0.4 is 10.5 Å². The topological polar surface area (TPSA) is 61.6 Å². The lowest BCUT2D eigenvalue weighted by Gasteiger charge is -2.09. The van der Waals surface area contributed by atoms with E-state index in [0.29, 0.717) is 16.6 Å². The van der Waals surface area contributed by atoms with E-state index in [-0.39, 0.29) is 19.0 Å². The number of primary amides is 1. The summed E-state index contributed by atoms with van der Waals surface area (Å²) in [4.78, 5) is 10.3. The maximum atomic E-state index is 12.9. The van der Waals surface area contributed by atoms with Gasteiger partial charge in [0.05, 0.1) is 0 Å². The summed E-state index contributed by atoms with van der Waals surface area (Å²) in [6.07, 6.45) is -0.844. The van der Waals surface area contributed by atoms with Gasteiger partial charge in [-0.1, -0.05) is 15.9 Å². The molecule has 0 fully saturated rings. The van der Waals surface area contributed by atoms with Gasteiger partial charge in [-0.2, -0.15) is 0 Å². The van der Waals surface area contributed by atoms with Crippen molar-refractivity contribution in [2.75, 3.05) is 13.2 Å². The number of ether oxygens (including phenoxy) is 2. The standard InChI is InChI=1S/C10H11BrFNO3/c11-6-7-5-8(12)1-2-9(7)15-3-4-16-10(13)14/h1-2,5H,3-4,6H2,(H2,13,14). The first-order valence-electron chi connectivity index (χ1n) is 4.53. The maximum absolute atomic E-state index is 12.9. The highest BCUT2D eigenvalue weighted by Crippen LogP contribution is 2.21. The number of rotatable bonds is 5. The lowest BCUT2D eigenvalue weighted by atomic mass is 10.2. The molecule has 0 aliphatic carbocycles. The monoisotopic (exact) mass is 291 g/mol. The van der Waals surface area contributed by atoms with E-state index in [4.69, 9.17) is 10.5 Å². The zero-order chi connectivity index (χ0) is 12.0. The molecule has 0 aromatic heterocycles. The Bertz CT molecular complexity index is 373. The quantitative estimate of drug-likeness (QED) is 0.668. The highest BCUT2D eigenvalue weighted by molar-refractivity contribution is 9.08. The molecule has 1 rings (SSSR count). The number of nitrogens with two attached hydrogens (primary N) is 1. The van der Waals surface area contributed by atoms with E-state index >= 15 is 0 Å². The molecule has 0 aliphatic heterocycles. The minimum atomic E-state index is -0.844. The Labute approximate surface area is 101 Å². The Morgan fingerprint density at radius 3 is 2.81 bits per heavy atom. The molecule has 0 saturated carbocycles. The van der Waals surface area contributed by atoms with Gasteiger partial charge >= 0.3 is 6.09 Å². The van der Waals surface area contributed by atoms with Crippen LogP contribution in [0.4, 0.5) is 9.18 Å². The number of hydrogen-bond donors (Lipinski definition) is 1. The van der Waals surface area contributed by atoms with Gasteiger partial charge in [0, 0.05) is 10.9 Å². The van der Waals surface area contributed by atoms with Gasteiger partial charge in [-0.15, -0.1) is 0 Å². The highest BCUT2D eigenvalue weighted by atomic mass is 79.9. The third-order valence-electron chi connectivity index (χ3n) is 1.75. The molecule has 0 atom stereocenters. The summed E-state index contributed by atoms with van der Waals surface area (Å²) < 4.78 is 22.7. The molecule has 88 valence electrons. The molecular weight excluding hydrogens is 281 g/mol. The van der Waals surface area contributed by atoms with Crippen LogP contribution in [-0.4, -0.2) is 19.3 Å². The van der Waals surface area contributed by atoms with E-state index in [1.165, 1.54) is 18.2 Å². The van der Waals surface area contributed by atoms with E-state index in [9.17, 15) is 9.18 Å². The minimum Gasteiger partial charge on any atom is -0.490 e. The van der Waals surface area contributed by atoms with Gasteiger partial charge in [0.25, 0.3) is 0 Å². The van der Waals surface area contributed by atoms with E-state index in [0.717, 1.165) is 0 Å². The van der Waals surface area contributed by atoms with Crippen molar-refractivity contribution in [1.29, 1.82) is 0 Å². The highest BCUT2D eigenvalue weighted by Gasteiger charge is 2.04. The van der Waals surface area contributed by atoms with Gasteiger partial charge in [0.15, 0.2) is 0 Å². The average molecular weight is 292 g/mol. The number of amides is 1. The number of benzene rings is 1. The molecule has 2 N–H and O–H groups in total. The predicted octanol–water partition coefficient (Wildman–Crippen LogP) is 2.19. The van der Waals surface area contributed by atoms with Crippen LogP contribution in [0.15, 0.2) is 18.2 Å². The summed E-state index contributed by atoms with van der Waals surface area (Å²) in [7, 11) is 0. The maximum Gasteiger partial charge on any atom is 0.404 e. The molecule has 0 unspecified atom stereocenters. The van der Waals surface area contributed by atoms with E-state index in [1.54, 1.807) is 0 Å². The molecule has 0 heterocycles. The number of carbonyl (C=O) groups excluding carboxylic acids is 1. The van der Waals surface area contributed by atoms with E-state index < -0.39 is 6.09 Å². The van der Waals surface area contributed by atoms with Crippen molar-refractivity contribution in [3.8, 4) is 5.75 Å². The Kier molecular flexibility index (Phi) is 5.04. The summed E-state index contributed by atoms with van der Waals surface area (Å²) in [5.74, 6) is 0.224. The molecule has 0 aliphatic rings. The van der Waals surface area contributed by atoms with Crippen LogP contribution in [0.5, 0.6) is 5.75 Å². The second-order valence-electron chi connectivity index (χ2n) is 2.90. The van der Waals surface area contributed by atoms with E-state index in [1.807, 2.05) is 0 Å².